The maximum Gasteiger partial charge on any atom is 0.147 e. The lowest BCUT2D eigenvalue weighted by atomic mass is 9.91. The first-order valence-corrected chi connectivity index (χ1v) is 7.83. The first kappa shape index (κ1) is 18.2. The van der Waals surface area contributed by atoms with Crippen LogP contribution < -0.4 is 5.73 Å². The van der Waals surface area contributed by atoms with Gasteiger partial charge in [-0.2, -0.15) is 0 Å². The lowest BCUT2D eigenvalue weighted by Crippen LogP contribution is -2.18. The predicted octanol–water partition coefficient (Wildman–Crippen LogP) is 4.14. The molecule has 0 amide bonds. The summed E-state index contributed by atoms with van der Waals surface area (Å²) in [5.41, 5.74) is 10.9. The number of hydrogen-bond donors (Lipinski definition) is 1. The molecule has 0 saturated heterocycles. The number of aliphatic imine (C=N–C) groups is 1. The summed E-state index contributed by atoms with van der Waals surface area (Å²) in [6.07, 6.45) is 2.02. The van der Waals surface area contributed by atoms with Gasteiger partial charge in [-0.15, -0.1) is 0 Å². The number of allylic oxidation sites excluding steroid dienone is 4. The van der Waals surface area contributed by atoms with Gasteiger partial charge in [0, 0.05) is 29.5 Å². The number of carbonyl (C=O) groups excluding carboxylic acids is 1. The van der Waals surface area contributed by atoms with Crippen LogP contribution in [-0.4, -0.2) is 19.0 Å². The van der Waals surface area contributed by atoms with Gasteiger partial charge >= 0.3 is 0 Å². The highest BCUT2D eigenvalue weighted by molar-refractivity contribution is 6.39. The van der Waals surface area contributed by atoms with Gasteiger partial charge in [0.1, 0.15) is 6.29 Å². The summed E-state index contributed by atoms with van der Waals surface area (Å²) in [6.45, 7) is 6.03. The molecule has 1 aromatic carbocycles. The molecule has 0 fully saturated rings. The van der Waals surface area contributed by atoms with Crippen molar-refractivity contribution in [2.24, 2.45) is 10.7 Å². The van der Waals surface area contributed by atoms with Gasteiger partial charge in [0.2, 0.25) is 0 Å². The van der Waals surface area contributed by atoms with Crippen molar-refractivity contribution in [3.63, 3.8) is 0 Å². The normalized spacial score (nSPS) is 15.4. The third-order valence-corrected chi connectivity index (χ3v) is 3.85. The Morgan fingerprint density at radius 3 is 2.32 bits per heavy atom. The van der Waals surface area contributed by atoms with Crippen LogP contribution >= 0.6 is 11.6 Å². The molecule has 1 aliphatic carbocycles. The molecule has 22 heavy (non-hydrogen) atoms. The summed E-state index contributed by atoms with van der Waals surface area (Å²) in [5.74, 6) is 0. The SMILES string of the molecule is CC.CN=C(C1=C(N)CCC(C=O)=C1Cl)c1ccc(C)cc1. The molecule has 0 atom stereocenters. The minimum Gasteiger partial charge on any atom is -0.401 e. The lowest BCUT2D eigenvalue weighted by molar-refractivity contribution is -0.105. The predicted molar refractivity (Wildman–Crippen MR) is 94.4 cm³/mol. The Hall–Kier alpha value is -1.87. The van der Waals surface area contributed by atoms with E-state index in [-0.39, 0.29) is 0 Å². The van der Waals surface area contributed by atoms with Crippen LogP contribution in [0.3, 0.4) is 0 Å². The zero-order valence-electron chi connectivity index (χ0n) is 13.6. The summed E-state index contributed by atoms with van der Waals surface area (Å²) < 4.78 is 0. The Labute approximate surface area is 137 Å². The molecule has 118 valence electrons. The molecular weight excluding hydrogens is 296 g/mol. The van der Waals surface area contributed by atoms with E-state index in [4.69, 9.17) is 17.3 Å². The Bertz CT molecular complexity index is 625. The molecule has 0 spiro atoms. The van der Waals surface area contributed by atoms with Crippen molar-refractivity contribution in [1.82, 2.24) is 0 Å². The van der Waals surface area contributed by atoms with E-state index in [1.807, 2.05) is 45.0 Å². The van der Waals surface area contributed by atoms with E-state index in [1.54, 1.807) is 7.05 Å². The van der Waals surface area contributed by atoms with Crippen LogP contribution in [0.4, 0.5) is 0 Å². The average Bonchev–Trinajstić information content (AvgIpc) is 2.54. The highest BCUT2D eigenvalue weighted by Crippen LogP contribution is 2.32. The van der Waals surface area contributed by atoms with Crippen molar-refractivity contribution < 1.29 is 4.79 Å². The molecule has 0 unspecified atom stereocenters. The monoisotopic (exact) mass is 318 g/mol. The van der Waals surface area contributed by atoms with Crippen molar-refractivity contribution in [2.45, 2.75) is 33.6 Å². The van der Waals surface area contributed by atoms with E-state index < -0.39 is 0 Å². The lowest BCUT2D eigenvalue weighted by Gasteiger charge is -2.20. The maximum atomic E-state index is 11.1. The van der Waals surface area contributed by atoms with Crippen LogP contribution in [0.2, 0.25) is 0 Å². The second kappa shape index (κ2) is 8.54. The smallest absolute Gasteiger partial charge is 0.147 e. The Morgan fingerprint density at radius 1 is 1.23 bits per heavy atom. The third-order valence-electron chi connectivity index (χ3n) is 3.41. The van der Waals surface area contributed by atoms with E-state index in [2.05, 4.69) is 4.99 Å². The van der Waals surface area contributed by atoms with Crippen LogP contribution in [-0.2, 0) is 4.79 Å². The highest BCUT2D eigenvalue weighted by Gasteiger charge is 2.23. The van der Waals surface area contributed by atoms with Crippen molar-refractivity contribution in [2.75, 3.05) is 7.05 Å². The van der Waals surface area contributed by atoms with Gasteiger partial charge in [0.25, 0.3) is 0 Å². The fourth-order valence-corrected chi connectivity index (χ4v) is 2.62. The maximum absolute atomic E-state index is 11.1. The molecule has 0 heterocycles. The van der Waals surface area contributed by atoms with Crippen LogP contribution in [0.15, 0.2) is 51.1 Å². The number of halogens is 1. The summed E-state index contributed by atoms with van der Waals surface area (Å²) in [6, 6.07) is 7.99. The van der Waals surface area contributed by atoms with Gasteiger partial charge in [-0.05, 0) is 19.8 Å². The number of carbonyl (C=O) groups is 1. The number of nitrogens with two attached hydrogens (primary N) is 1. The third kappa shape index (κ3) is 3.86. The molecular formula is C18H23ClN2O. The van der Waals surface area contributed by atoms with Crippen molar-refractivity contribution in [1.29, 1.82) is 0 Å². The first-order valence-electron chi connectivity index (χ1n) is 7.45. The van der Waals surface area contributed by atoms with Crippen molar-refractivity contribution in [3.05, 3.63) is 57.3 Å². The minimum absolute atomic E-state index is 0.421. The first-order chi connectivity index (χ1) is 10.6. The molecule has 2 N–H and O–H groups in total. The molecule has 0 aromatic heterocycles. The molecule has 4 heteroatoms. The van der Waals surface area contributed by atoms with Crippen LogP contribution in [0.5, 0.6) is 0 Å². The molecule has 2 rings (SSSR count). The van der Waals surface area contributed by atoms with Crippen molar-refractivity contribution >= 4 is 23.6 Å². The zero-order valence-corrected chi connectivity index (χ0v) is 14.4. The van der Waals surface area contributed by atoms with Crippen LogP contribution in [0.1, 0.15) is 37.8 Å². The molecule has 0 radical (unpaired) electrons. The van der Waals surface area contributed by atoms with Gasteiger partial charge in [-0.1, -0.05) is 55.3 Å². The second-order valence-corrected chi connectivity index (χ2v) is 5.17. The Balaban J connectivity index is 0.00000116. The molecule has 0 bridgehead atoms. The zero-order chi connectivity index (χ0) is 16.7. The Morgan fingerprint density at radius 2 is 1.82 bits per heavy atom. The number of aryl methyl sites for hydroxylation is 1. The van der Waals surface area contributed by atoms with Crippen LogP contribution in [0, 0.1) is 6.92 Å². The van der Waals surface area contributed by atoms with Gasteiger partial charge in [0.15, 0.2) is 0 Å². The number of hydrogen-bond acceptors (Lipinski definition) is 3. The summed E-state index contributed by atoms with van der Waals surface area (Å²) >= 11 is 6.33. The number of aldehydes is 1. The fraction of sp³-hybridized carbons (Fsp3) is 0.333. The summed E-state index contributed by atoms with van der Waals surface area (Å²) in [7, 11) is 1.70. The minimum atomic E-state index is 0.421. The molecule has 3 nitrogen and oxygen atoms in total. The quantitative estimate of drug-likeness (QED) is 0.672. The van der Waals surface area contributed by atoms with E-state index in [0.29, 0.717) is 34.7 Å². The fourth-order valence-electron chi connectivity index (χ4n) is 2.27. The van der Waals surface area contributed by atoms with Crippen molar-refractivity contribution in [3.8, 4) is 0 Å². The topological polar surface area (TPSA) is 55.4 Å². The van der Waals surface area contributed by atoms with Gasteiger partial charge in [0.05, 0.1) is 10.7 Å². The van der Waals surface area contributed by atoms with E-state index >= 15 is 0 Å². The van der Waals surface area contributed by atoms with E-state index in [0.717, 1.165) is 17.6 Å². The molecule has 1 aromatic rings. The summed E-state index contributed by atoms with van der Waals surface area (Å²) in [5, 5.41) is 0.421. The van der Waals surface area contributed by atoms with Gasteiger partial charge in [-0.3, -0.25) is 9.79 Å². The summed E-state index contributed by atoms with van der Waals surface area (Å²) in [4.78, 5) is 15.4. The Kier molecular flexibility index (Phi) is 7.06. The molecule has 1 aliphatic rings. The largest absolute Gasteiger partial charge is 0.401 e. The van der Waals surface area contributed by atoms with E-state index in [9.17, 15) is 4.79 Å². The average molecular weight is 319 g/mol. The number of nitrogens with zero attached hydrogens (tertiary/aromatic N) is 1. The number of rotatable bonds is 3. The standard InChI is InChI=1S/C16H17ClN2O.C2H6/c1-10-3-5-11(6-4-10)16(19-2)14-13(18)8-7-12(9-20)15(14)17;1-2/h3-6,9H,7-8,18H2,1-2H3;1-2H3. The van der Waals surface area contributed by atoms with Gasteiger partial charge < -0.3 is 5.73 Å². The highest BCUT2D eigenvalue weighted by atomic mass is 35.5. The van der Waals surface area contributed by atoms with Gasteiger partial charge in [-0.25, -0.2) is 0 Å². The molecule has 0 aliphatic heterocycles. The molecule has 0 saturated carbocycles. The van der Waals surface area contributed by atoms with Crippen LogP contribution in [0.25, 0.3) is 0 Å². The van der Waals surface area contributed by atoms with E-state index in [1.165, 1.54) is 5.56 Å². The second-order valence-electron chi connectivity index (χ2n) is 4.80. The number of benzene rings is 1.